The Balaban J connectivity index is 2.85. The van der Waals surface area contributed by atoms with Crippen LogP contribution in [0.1, 0.15) is 25.8 Å². The van der Waals surface area contributed by atoms with Crippen LogP contribution >= 0.6 is 0 Å². The zero-order valence-corrected chi connectivity index (χ0v) is 10.7. The molecule has 0 spiro atoms. The van der Waals surface area contributed by atoms with E-state index in [1.54, 1.807) is 0 Å². The molecule has 102 valence electrons. The standard InChI is InChI=1S/C13H15NO5/c1-13(2,17)8-11(15)7-12(16)9-3-5-10(6-4-9)14(18)19/h3-7,16-17H,8H2,1-2H3/b12-7-. The molecule has 0 unspecified atom stereocenters. The number of nitro benzene ring substituents is 1. The number of aliphatic hydroxyl groups is 2. The predicted octanol–water partition coefficient (Wildman–Crippen LogP) is 2.22. The summed E-state index contributed by atoms with van der Waals surface area (Å²) in [5.41, 5.74) is -0.947. The van der Waals surface area contributed by atoms with Gasteiger partial charge in [-0.25, -0.2) is 0 Å². The molecule has 2 N–H and O–H groups in total. The minimum absolute atomic E-state index is 0.0978. The third-order valence-electron chi connectivity index (χ3n) is 2.28. The van der Waals surface area contributed by atoms with E-state index in [-0.39, 0.29) is 17.9 Å². The lowest BCUT2D eigenvalue weighted by Crippen LogP contribution is -2.22. The average Bonchev–Trinajstić information content (AvgIpc) is 2.26. The highest BCUT2D eigenvalue weighted by Gasteiger charge is 2.17. The molecule has 1 aromatic carbocycles. The number of hydrogen-bond donors (Lipinski definition) is 2. The van der Waals surface area contributed by atoms with Crippen molar-refractivity contribution in [2.24, 2.45) is 0 Å². The fourth-order valence-corrected chi connectivity index (χ4v) is 1.47. The predicted molar refractivity (Wildman–Crippen MR) is 69.6 cm³/mol. The Labute approximate surface area is 110 Å². The molecule has 0 aromatic heterocycles. The Morgan fingerprint density at radius 3 is 2.32 bits per heavy atom. The lowest BCUT2D eigenvalue weighted by atomic mass is 10.0. The van der Waals surface area contributed by atoms with Crippen molar-refractivity contribution in [2.45, 2.75) is 25.9 Å². The van der Waals surface area contributed by atoms with E-state index in [4.69, 9.17) is 0 Å². The summed E-state index contributed by atoms with van der Waals surface area (Å²) in [6.45, 7) is 2.98. The second-order valence-corrected chi connectivity index (χ2v) is 4.79. The summed E-state index contributed by atoms with van der Waals surface area (Å²) in [5, 5.41) is 29.6. The zero-order valence-electron chi connectivity index (χ0n) is 10.7. The van der Waals surface area contributed by atoms with Gasteiger partial charge in [0.1, 0.15) is 5.76 Å². The van der Waals surface area contributed by atoms with Gasteiger partial charge in [-0.1, -0.05) is 0 Å². The van der Waals surface area contributed by atoms with Crippen LogP contribution < -0.4 is 0 Å². The minimum Gasteiger partial charge on any atom is -0.507 e. The Hall–Kier alpha value is -2.21. The van der Waals surface area contributed by atoms with Crippen LogP contribution in [0.2, 0.25) is 0 Å². The van der Waals surface area contributed by atoms with Crippen LogP contribution in [0.4, 0.5) is 5.69 Å². The summed E-state index contributed by atoms with van der Waals surface area (Å²) in [7, 11) is 0. The number of allylic oxidation sites excluding steroid dienone is 1. The molecule has 19 heavy (non-hydrogen) atoms. The van der Waals surface area contributed by atoms with Crippen LogP contribution in [0.15, 0.2) is 30.3 Å². The Morgan fingerprint density at radius 2 is 1.89 bits per heavy atom. The lowest BCUT2D eigenvalue weighted by molar-refractivity contribution is -0.384. The molecular weight excluding hydrogens is 250 g/mol. The fourth-order valence-electron chi connectivity index (χ4n) is 1.47. The number of nitro groups is 1. The zero-order chi connectivity index (χ0) is 14.6. The molecule has 0 atom stereocenters. The minimum atomic E-state index is -1.15. The summed E-state index contributed by atoms with van der Waals surface area (Å²) in [5.74, 6) is -0.715. The molecule has 1 rings (SSSR count). The first kappa shape index (κ1) is 14.8. The van der Waals surface area contributed by atoms with Crippen LogP contribution in [0.3, 0.4) is 0 Å². The van der Waals surface area contributed by atoms with E-state index >= 15 is 0 Å². The van der Waals surface area contributed by atoms with Crippen LogP contribution in [-0.2, 0) is 4.79 Å². The van der Waals surface area contributed by atoms with Gasteiger partial charge in [-0.15, -0.1) is 0 Å². The van der Waals surface area contributed by atoms with Gasteiger partial charge in [0.25, 0.3) is 5.69 Å². The van der Waals surface area contributed by atoms with Gasteiger partial charge in [0.2, 0.25) is 0 Å². The topological polar surface area (TPSA) is 101 Å². The second kappa shape index (κ2) is 5.62. The lowest BCUT2D eigenvalue weighted by Gasteiger charge is -2.14. The SMILES string of the molecule is CC(C)(O)CC(=O)/C=C(\O)c1ccc([N+](=O)[O-])cc1. The highest BCUT2D eigenvalue weighted by Crippen LogP contribution is 2.18. The molecule has 0 saturated heterocycles. The molecule has 1 aromatic rings. The number of rotatable bonds is 5. The van der Waals surface area contributed by atoms with Crippen LogP contribution in [0.5, 0.6) is 0 Å². The molecule has 6 nitrogen and oxygen atoms in total. The fraction of sp³-hybridized carbons (Fsp3) is 0.308. The number of ketones is 1. The first-order valence-corrected chi connectivity index (χ1v) is 5.60. The van der Waals surface area contributed by atoms with E-state index in [1.807, 2.05) is 0 Å². The third kappa shape index (κ3) is 4.89. The summed E-state index contributed by atoms with van der Waals surface area (Å²) in [6.07, 6.45) is 0.878. The van der Waals surface area contributed by atoms with Gasteiger partial charge >= 0.3 is 0 Å². The number of nitrogens with zero attached hydrogens (tertiary/aromatic N) is 1. The second-order valence-electron chi connectivity index (χ2n) is 4.79. The number of aliphatic hydroxyl groups excluding tert-OH is 1. The summed E-state index contributed by atoms with van der Waals surface area (Å²) >= 11 is 0. The molecule has 0 aliphatic rings. The van der Waals surface area contributed by atoms with Crippen molar-refractivity contribution in [2.75, 3.05) is 0 Å². The van der Waals surface area contributed by atoms with Crippen molar-refractivity contribution in [1.29, 1.82) is 0 Å². The first-order valence-electron chi connectivity index (χ1n) is 5.60. The largest absolute Gasteiger partial charge is 0.507 e. The molecular formula is C13H15NO5. The van der Waals surface area contributed by atoms with Gasteiger partial charge in [-0.2, -0.15) is 0 Å². The third-order valence-corrected chi connectivity index (χ3v) is 2.28. The highest BCUT2D eigenvalue weighted by molar-refractivity contribution is 5.95. The summed E-state index contributed by atoms with van der Waals surface area (Å²) < 4.78 is 0. The van der Waals surface area contributed by atoms with Crippen LogP contribution in [0.25, 0.3) is 5.76 Å². The van der Waals surface area contributed by atoms with E-state index in [2.05, 4.69) is 0 Å². The van der Waals surface area contributed by atoms with E-state index < -0.39 is 16.3 Å². The van der Waals surface area contributed by atoms with Crippen molar-refractivity contribution in [3.63, 3.8) is 0 Å². The number of hydrogen-bond acceptors (Lipinski definition) is 5. The smallest absolute Gasteiger partial charge is 0.269 e. The van der Waals surface area contributed by atoms with Crippen molar-refractivity contribution in [3.8, 4) is 0 Å². The van der Waals surface area contributed by atoms with E-state index in [1.165, 1.54) is 38.1 Å². The number of non-ortho nitro benzene ring substituents is 1. The highest BCUT2D eigenvalue weighted by atomic mass is 16.6. The van der Waals surface area contributed by atoms with Gasteiger partial charge in [0.15, 0.2) is 5.78 Å². The Bertz CT molecular complexity index is 511. The average molecular weight is 265 g/mol. The Morgan fingerprint density at radius 1 is 1.37 bits per heavy atom. The number of carbonyl (C=O) groups excluding carboxylic acids is 1. The maximum Gasteiger partial charge on any atom is 0.269 e. The number of carbonyl (C=O) groups is 1. The van der Waals surface area contributed by atoms with Crippen molar-refractivity contribution >= 4 is 17.2 Å². The van der Waals surface area contributed by atoms with Gasteiger partial charge in [0.05, 0.1) is 10.5 Å². The van der Waals surface area contributed by atoms with E-state index in [0.29, 0.717) is 5.56 Å². The first-order chi connectivity index (χ1) is 8.69. The monoisotopic (exact) mass is 265 g/mol. The Kier molecular flexibility index (Phi) is 4.39. The molecule has 0 heterocycles. The maximum atomic E-state index is 11.5. The van der Waals surface area contributed by atoms with Gasteiger partial charge in [-0.3, -0.25) is 14.9 Å². The summed E-state index contributed by atoms with van der Waals surface area (Å²) in [4.78, 5) is 21.4. The molecule has 0 bridgehead atoms. The van der Waals surface area contributed by atoms with Crippen molar-refractivity contribution in [3.05, 3.63) is 46.0 Å². The molecule has 0 amide bonds. The van der Waals surface area contributed by atoms with Crippen molar-refractivity contribution < 1.29 is 19.9 Å². The van der Waals surface area contributed by atoms with Gasteiger partial charge in [-0.05, 0) is 26.0 Å². The van der Waals surface area contributed by atoms with Crippen LogP contribution in [-0.4, -0.2) is 26.5 Å². The normalized spacial score (nSPS) is 12.3. The molecule has 0 aliphatic heterocycles. The quantitative estimate of drug-likeness (QED) is 0.368. The van der Waals surface area contributed by atoms with Crippen molar-refractivity contribution in [1.82, 2.24) is 0 Å². The van der Waals surface area contributed by atoms with E-state index in [0.717, 1.165) is 6.08 Å². The number of benzene rings is 1. The molecule has 0 saturated carbocycles. The van der Waals surface area contributed by atoms with Gasteiger partial charge < -0.3 is 10.2 Å². The molecule has 0 radical (unpaired) electrons. The molecule has 0 aliphatic carbocycles. The molecule has 6 heteroatoms. The molecule has 0 fully saturated rings. The van der Waals surface area contributed by atoms with Gasteiger partial charge in [0, 0.05) is 30.2 Å². The van der Waals surface area contributed by atoms with Crippen LogP contribution in [0, 0.1) is 10.1 Å². The van der Waals surface area contributed by atoms with E-state index in [9.17, 15) is 25.1 Å². The maximum absolute atomic E-state index is 11.5. The summed E-state index contributed by atoms with van der Waals surface area (Å²) in [6, 6.07) is 5.17.